The summed E-state index contributed by atoms with van der Waals surface area (Å²) in [5.74, 6) is 0.304. The second-order valence-corrected chi connectivity index (χ2v) is 4.45. The second-order valence-electron chi connectivity index (χ2n) is 4.45. The van der Waals surface area contributed by atoms with Gasteiger partial charge in [-0.05, 0) is 12.8 Å². The lowest BCUT2D eigenvalue weighted by molar-refractivity contribution is -0.111. The standard InChI is InChI=1S/C14H27O/c1-3-5-7-8-9-10-12-14(13-15)11-6-4-2/h13-14H,2-12H2,1H3. The highest BCUT2D eigenvalue weighted by molar-refractivity contribution is 5.53. The minimum absolute atomic E-state index is 0.304. The summed E-state index contributed by atoms with van der Waals surface area (Å²) in [4.78, 5) is 10.8. The van der Waals surface area contributed by atoms with Crippen molar-refractivity contribution in [2.75, 3.05) is 0 Å². The van der Waals surface area contributed by atoms with Gasteiger partial charge in [-0.25, -0.2) is 0 Å². The van der Waals surface area contributed by atoms with Crippen molar-refractivity contribution in [1.82, 2.24) is 0 Å². The Bertz CT molecular complexity index is 131. The Morgan fingerprint density at radius 1 is 1.00 bits per heavy atom. The van der Waals surface area contributed by atoms with E-state index in [4.69, 9.17) is 0 Å². The summed E-state index contributed by atoms with van der Waals surface area (Å²) in [7, 11) is 0. The maximum absolute atomic E-state index is 10.8. The van der Waals surface area contributed by atoms with Crippen LogP contribution in [0.4, 0.5) is 0 Å². The van der Waals surface area contributed by atoms with Gasteiger partial charge in [0.15, 0.2) is 0 Å². The van der Waals surface area contributed by atoms with Crippen molar-refractivity contribution in [3.63, 3.8) is 0 Å². The summed E-state index contributed by atoms with van der Waals surface area (Å²) in [5, 5.41) is 0. The first-order chi connectivity index (χ1) is 7.35. The molecule has 0 aromatic carbocycles. The predicted molar refractivity (Wildman–Crippen MR) is 66.8 cm³/mol. The third kappa shape index (κ3) is 9.96. The van der Waals surface area contributed by atoms with Crippen LogP contribution in [0.1, 0.15) is 71.1 Å². The number of unbranched alkanes of at least 4 members (excludes halogenated alkanes) is 6. The fourth-order valence-electron chi connectivity index (χ4n) is 1.87. The number of aldehydes is 1. The molecule has 1 atom stereocenters. The van der Waals surface area contributed by atoms with E-state index < -0.39 is 0 Å². The molecule has 89 valence electrons. The molecule has 1 nitrogen and oxygen atoms in total. The van der Waals surface area contributed by atoms with Gasteiger partial charge in [0, 0.05) is 5.92 Å². The molecule has 0 bridgehead atoms. The molecule has 0 amide bonds. The molecule has 1 radical (unpaired) electrons. The van der Waals surface area contributed by atoms with E-state index in [0.717, 1.165) is 32.0 Å². The molecule has 15 heavy (non-hydrogen) atoms. The molecular weight excluding hydrogens is 184 g/mol. The monoisotopic (exact) mass is 211 g/mol. The molecule has 1 unspecified atom stereocenters. The van der Waals surface area contributed by atoms with Gasteiger partial charge in [-0.15, -0.1) is 0 Å². The molecule has 0 heterocycles. The number of hydrogen-bond donors (Lipinski definition) is 0. The van der Waals surface area contributed by atoms with E-state index in [-0.39, 0.29) is 0 Å². The topological polar surface area (TPSA) is 17.1 Å². The van der Waals surface area contributed by atoms with Crippen molar-refractivity contribution >= 4 is 6.29 Å². The molecule has 0 fully saturated rings. The zero-order chi connectivity index (χ0) is 11.4. The van der Waals surface area contributed by atoms with Gasteiger partial charge in [0.05, 0.1) is 0 Å². The van der Waals surface area contributed by atoms with Crippen LogP contribution in [0.2, 0.25) is 0 Å². The fourth-order valence-corrected chi connectivity index (χ4v) is 1.87. The molecular formula is C14H27O. The first kappa shape index (κ1) is 14.7. The predicted octanol–water partition coefficient (Wildman–Crippen LogP) is 4.56. The Labute approximate surface area is 95.6 Å². The van der Waals surface area contributed by atoms with E-state index in [1.165, 1.54) is 38.5 Å². The summed E-state index contributed by atoms with van der Waals surface area (Å²) < 4.78 is 0. The molecule has 0 N–H and O–H groups in total. The Kier molecular flexibility index (Phi) is 11.5. The summed E-state index contributed by atoms with van der Waals surface area (Å²) in [6.07, 6.45) is 13.2. The maximum Gasteiger partial charge on any atom is 0.123 e. The average molecular weight is 211 g/mol. The first-order valence-electron chi connectivity index (χ1n) is 6.59. The summed E-state index contributed by atoms with van der Waals surface area (Å²) in [5.41, 5.74) is 0. The Balaban J connectivity index is 3.26. The molecule has 0 aliphatic heterocycles. The molecule has 0 aromatic rings. The summed E-state index contributed by atoms with van der Waals surface area (Å²) in [6.45, 7) is 6.04. The van der Waals surface area contributed by atoms with Crippen molar-refractivity contribution in [2.24, 2.45) is 5.92 Å². The van der Waals surface area contributed by atoms with Gasteiger partial charge in [0.25, 0.3) is 0 Å². The van der Waals surface area contributed by atoms with Gasteiger partial charge < -0.3 is 4.79 Å². The molecule has 1 heteroatoms. The van der Waals surface area contributed by atoms with Crippen LogP contribution in [0.3, 0.4) is 0 Å². The normalized spacial score (nSPS) is 12.7. The molecule has 0 saturated heterocycles. The summed E-state index contributed by atoms with van der Waals surface area (Å²) in [6, 6.07) is 0. The maximum atomic E-state index is 10.8. The quantitative estimate of drug-likeness (QED) is 0.362. The second kappa shape index (κ2) is 11.7. The zero-order valence-electron chi connectivity index (χ0n) is 10.3. The van der Waals surface area contributed by atoms with E-state index >= 15 is 0 Å². The Morgan fingerprint density at radius 2 is 1.60 bits per heavy atom. The minimum Gasteiger partial charge on any atom is -0.303 e. The molecule has 0 rings (SSSR count). The lowest BCUT2D eigenvalue weighted by Gasteiger charge is -2.08. The number of hydrogen-bond acceptors (Lipinski definition) is 1. The van der Waals surface area contributed by atoms with Crippen LogP contribution in [0.15, 0.2) is 0 Å². The SMILES string of the molecule is [CH2]CCCC(C=O)CCCCCCCC. The number of rotatable bonds is 11. The van der Waals surface area contributed by atoms with E-state index in [1.807, 2.05) is 0 Å². The number of carbonyl (C=O) groups is 1. The Hall–Kier alpha value is -0.330. The van der Waals surface area contributed by atoms with Crippen LogP contribution in [0, 0.1) is 12.8 Å². The van der Waals surface area contributed by atoms with E-state index in [2.05, 4.69) is 13.8 Å². The minimum atomic E-state index is 0.304. The third-order valence-corrected chi connectivity index (χ3v) is 2.95. The molecule has 0 aliphatic rings. The van der Waals surface area contributed by atoms with Crippen molar-refractivity contribution in [1.29, 1.82) is 0 Å². The van der Waals surface area contributed by atoms with E-state index in [0.29, 0.717) is 5.92 Å². The molecule has 0 spiro atoms. The largest absolute Gasteiger partial charge is 0.303 e. The van der Waals surface area contributed by atoms with Crippen LogP contribution >= 0.6 is 0 Å². The van der Waals surface area contributed by atoms with Gasteiger partial charge >= 0.3 is 0 Å². The summed E-state index contributed by atoms with van der Waals surface area (Å²) >= 11 is 0. The van der Waals surface area contributed by atoms with Crippen molar-refractivity contribution in [2.45, 2.75) is 71.1 Å². The third-order valence-electron chi connectivity index (χ3n) is 2.95. The highest BCUT2D eigenvalue weighted by atomic mass is 16.1. The van der Waals surface area contributed by atoms with Crippen molar-refractivity contribution in [3.8, 4) is 0 Å². The van der Waals surface area contributed by atoms with Gasteiger partial charge in [-0.1, -0.05) is 65.2 Å². The zero-order valence-corrected chi connectivity index (χ0v) is 10.3. The van der Waals surface area contributed by atoms with Crippen LogP contribution in [0.5, 0.6) is 0 Å². The fraction of sp³-hybridized carbons (Fsp3) is 0.857. The van der Waals surface area contributed by atoms with Crippen LogP contribution in [0.25, 0.3) is 0 Å². The lowest BCUT2D eigenvalue weighted by Crippen LogP contribution is -2.01. The van der Waals surface area contributed by atoms with Crippen LogP contribution < -0.4 is 0 Å². The van der Waals surface area contributed by atoms with E-state index in [1.54, 1.807) is 0 Å². The van der Waals surface area contributed by atoms with Crippen LogP contribution in [-0.2, 0) is 4.79 Å². The Morgan fingerprint density at radius 3 is 2.20 bits per heavy atom. The highest BCUT2D eigenvalue weighted by Crippen LogP contribution is 2.15. The van der Waals surface area contributed by atoms with Crippen molar-refractivity contribution < 1.29 is 4.79 Å². The smallest absolute Gasteiger partial charge is 0.123 e. The van der Waals surface area contributed by atoms with Gasteiger partial charge in [0.1, 0.15) is 6.29 Å². The lowest BCUT2D eigenvalue weighted by atomic mass is 9.96. The van der Waals surface area contributed by atoms with Gasteiger partial charge in [0.2, 0.25) is 0 Å². The van der Waals surface area contributed by atoms with Crippen molar-refractivity contribution in [3.05, 3.63) is 6.92 Å². The molecule has 0 saturated carbocycles. The van der Waals surface area contributed by atoms with E-state index in [9.17, 15) is 4.79 Å². The van der Waals surface area contributed by atoms with Gasteiger partial charge in [-0.3, -0.25) is 0 Å². The molecule has 0 aromatic heterocycles. The first-order valence-corrected chi connectivity index (χ1v) is 6.59. The van der Waals surface area contributed by atoms with Gasteiger partial charge in [-0.2, -0.15) is 0 Å². The average Bonchev–Trinajstić information content (AvgIpc) is 2.27. The van der Waals surface area contributed by atoms with Crippen LogP contribution in [-0.4, -0.2) is 6.29 Å². The molecule has 0 aliphatic carbocycles. The number of carbonyl (C=O) groups excluding carboxylic acids is 1. The highest BCUT2D eigenvalue weighted by Gasteiger charge is 2.05.